The van der Waals surface area contributed by atoms with Crippen LogP contribution in [0.2, 0.25) is 0 Å². The smallest absolute Gasteiger partial charge is 0.308 e. The first-order valence-corrected chi connectivity index (χ1v) is 6.09. The molecule has 0 bridgehead atoms. The van der Waals surface area contributed by atoms with Crippen LogP contribution in [0.1, 0.15) is 38.9 Å². The summed E-state index contributed by atoms with van der Waals surface area (Å²) in [6.45, 7) is 5.86. The van der Waals surface area contributed by atoms with Crippen molar-refractivity contribution in [2.45, 2.75) is 39.4 Å². The zero-order valence-corrected chi connectivity index (χ0v) is 11.1. The molecule has 0 heterocycles. The average molecular weight is 252 g/mol. The Morgan fingerprint density at radius 2 is 1.83 bits per heavy atom. The Morgan fingerprint density at radius 1 is 1.22 bits per heavy atom. The number of hydrogen-bond donors (Lipinski definition) is 1. The van der Waals surface area contributed by atoms with Gasteiger partial charge in [-0.05, 0) is 38.5 Å². The van der Waals surface area contributed by atoms with Gasteiger partial charge < -0.3 is 14.6 Å². The molecule has 0 aliphatic heterocycles. The van der Waals surface area contributed by atoms with Crippen LogP contribution in [0.5, 0.6) is 5.75 Å². The van der Waals surface area contributed by atoms with E-state index in [2.05, 4.69) is 0 Å². The van der Waals surface area contributed by atoms with Gasteiger partial charge in [0.15, 0.2) is 0 Å². The molecule has 0 aromatic heterocycles. The molecule has 0 spiro atoms. The van der Waals surface area contributed by atoms with Gasteiger partial charge in [-0.25, -0.2) is 0 Å². The molecule has 1 unspecified atom stereocenters. The van der Waals surface area contributed by atoms with Crippen LogP contribution in [0.25, 0.3) is 0 Å². The molecule has 0 amide bonds. The molecule has 0 saturated heterocycles. The number of esters is 1. The second-order valence-corrected chi connectivity index (χ2v) is 4.39. The van der Waals surface area contributed by atoms with E-state index in [9.17, 15) is 4.79 Å². The van der Waals surface area contributed by atoms with E-state index in [-0.39, 0.29) is 30.3 Å². The van der Waals surface area contributed by atoms with Crippen molar-refractivity contribution < 1.29 is 19.4 Å². The Kier molecular flexibility index (Phi) is 5.65. The molecule has 0 fully saturated rings. The summed E-state index contributed by atoms with van der Waals surface area (Å²) in [7, 11) is 0. The van der Waals surface area contributed by atoms with Gasteiger partial charge in [-0.2, -0.15) is 0 Å². The number of rotatable bonds is 6. The Bertz CT molecular complexity index is 370. The average Bonchev–Trinajstić information content (AvgIpc) is 2.28. The zero-order valence-electron chi connectivity index (χ0n) is 11.1. The number of phenols is 1. The molecule has 4 heteroatoms. The predicted octanol–water partition coefficient (Wildman–Crippen LogP) is 2.81. The maximum atomic E-state index is 11.3. The zero-order chi connectivity index (χ0) is 13.5. The quantitative estimate of drug-likeness (QED) is 0.791. The molecule has 1 N–H and O–H groups in total. The number of carbonyl (C=O) groups excluding carboxylic acids is 1. The van der Waals surface area contributed by atoms with Crippen LogP contribution in [0, 0.1) is 0 Å². The van der Waals surface area contributed by atoms with Gasteiger partial charge in [-0.15, -0.1) is 0 Å². The summed E-state index contributed by atoms with van der Waals surface area (Å²) in [6, 6.07) is 6.82. The largest absolute Gasteiger partial charge is 0.508 e. The second kappa shape index (κ2) is 7.01. The minimum atomic E-state index is -0.247. The maximum Gasteiger partial charge on any atom is 0.308 e. The van der Waals surface area contributed by atoms with Crippen LogP contribution < -0.4 is 0 Å². The number of aromatic hydroxyl groups is 1. The molecule has 18 heavy (non-hydrogen) atoms. The minimum absolute atomic E-state index is 0.0907. The van der Waals surface area contributed by atoms with Crippen LogP contribution in [0.15, 0.2) is 24.3 Å². The summed E-state index contributed by atoms with van der Waals surface area (Å²) in [5.41, 5.74) is 0.963. The summed E-state index contributed by atoms with van der Waals surface area (Å²) < 4.78 is 10.5. The number of ether oxygens (including phenoxy) is 2. The standard InChI is InChI=1S/C14H20O4/c1-10(2)18-14(16)8-9-17-11(3)12-4-6-13(15)7-5-12/h4-7,10-11,15H,8-9H2,1-3H3. The second-order valence-electron chi connectivity index (χ2n) is 4.39. The van der Waals surface area contributed by atoms with Gasteiger partial charge in [-0.1, -0.05) is 12.1 Å². The van der Waals surface area contributed by atoms with Crippen molar-refractivity contribution >= 4 is 5.97 Å². The fraction of sp³-hybridized carbons (Fsp3) is 0.500. The van der Waals surface area contributed by atoms with E-state index in [1.165, 1.54) is 0 Å². The predicted molar refractivity (Wildman–Crippen MR) is 68.3 cm³/mol. The van der Waals surface area contributed by atoms with Crippen molar-refractivity contribution in [2.24, 2.45) is 0 Å². The van der Waals surface area contributed by atoms with Crippen LogP contribution in [-0.2, 0) is 14.3 Å². The van der Waals surface area contributed by atoms with Gasteiger partial charge in [0.25, 0.3) is 0 Å². The molecule has 1 atom stereocenters. The van der Waals surface area contributed by atoms with E-state index in [4.69, 9.17) is 14.6 Å². The number of benzene rings is 1. The third kappa shape index (κ3) is 5.19. The molecule has 0 aliphatic carbocycles. The van der Waals surface area contributed by atoms with Crippen molar-refractivity contribution in [1.29, 1.82) is 0 Å². The van der Waals surface area contributed by atoms with E-state index >= 15 is 0 Å². The molecule has 0 radical (unpaired) electrons. The first-order valence-electron chi connectivity index (χ1n) is 6.09. The fourth-order valence-electron chi connectivity index (χ4n) is 1.48. The third-order valence-corrected chi connectivity index (χ3v) is 2.40. The van der Waals surface area contributed by atoms with Crippen molar-refractivity contribution in [1.82, 2.24) is 0 Å². The first-order chi connectivity index (χ1) is 8.49. The van der Waals surface area contributed by atoms with Crippen molar-refractivity contribution in [3.05, 3.63) is 29.8 Å². The SMILES string of the molecule is CC(C)OC(=O)CCOC(C)c1ccc(O)cc1. The Morgan fingerprint density at radius 3 is 2.39 bits per heavy atom. The van der Waals surface area contributed by atoms with E-state index in [0.717, 1.165) is 5.56 Å². The molecule has 4 nitrogen and oxygen atoms in total. The van der Waals surface area contributed by atoms with E-state index in [1.54, 1.807) is 24.3 Å². The topological polar surface area (TPSA) is 55.8 Å². The monoisotopic (exact) mass is 252 g/mol. The van der Waals surface area contributed by atoms with Crippen molar-refractivity contribution in [3.8, 4) is 5.75 Å². The lowest BCUT2D eigenvalue weighted by atomic mass is 10.1. The highest BCUT2D eigenvalue weighted by atomic mass is 16.5. The Hall–Kier alpha value is -1.55. The molecular formula is C14H20O4. The van der Waals surface area contributed by atoms with Gasteiger partial charge in [0.2, 0.25) is 0 Å². The summed E-state index contributed by atoms with van der Waals surface area (Å²) >= 11 is 0. The lowest BCUT2D eigenvalue weighted by Crippen LogP contribution is -2.14. The van der Waals surface area contributed by atoms with Crippen LogP contribution in [-0.4, -0.2) is 23.8 Å². The lowest BCUT2D eigenvalue weighted by molar-refractivity contribution is -0.149. The van der Waals surface area contributed by atoms with Crippen molar-refractivity contribution in [2.75, 3.05) is 6.61 Å². The molecule has 100 valence electrons. The van der Waals surface area contributed by atoms with Crippen LogP contribution in [0.4, 0.5) is 0 Å². The summed E-state index contributed by atoms with van der Waals surface area (Å²) in [5, 5.41) is 9.17. The fourth-order valence-corrected chi connectivity index (χ4v) is 1.48. The highest BCUT2D eigenvalue weighted by Gasteiger charge is 2.09. The first kappa shape index (κ1) is 14.5. The highest BCUT2D eigenvalue weighted by Crippen LogP contribution is 2.19. The summed E-state index contributed by atoms with van der Waals surface area (Å²) in [4.78, 5) is 11.3. The minimum Gasteiger partial charge on any atom is -0.508 e. The number of phenolic OH excluding ortho intramolecular Hbond substituents is 1. The Balaban J connectivity index is 2.31. The lowest BCUT2D eigenvalue weighted by Gasteiger charge is -2.14. The molecule has 1 aromatic rings. The summed E-state index contributed by atoms with van der Waals surface area (Å²) in [5.74, 6) is -0.0191. The molecular weight excluding hydrogens is 232 g/mol. The van der Waals surface area contributed by atoms with Gasteiger partial charge >= 0.3 is 5.97 Å². The van der Waals surface area contributed by atoms with Gasteiger partial charge in [0.1, 0.15) is 5.75 Å². The molecule has 0 saturated carbocycles. The highest BCUT2D eigenvalue weighted by molar-refractivity contribution is 5.69. The van der Waals surface area contributed by atoms with E-state index in [1.807, 2.05) is 20.8 Å². The van der Waals surface area contributed by atoms with E-state index < -0.39 is 0 Å². The van der Waals surface area contributed by atoms with Crippen molar-refractivity contribution in [3.63, 3.8) is 0 Å². The molecule has 0 aliphatic rings. The van der Waals surface area contributed by atoms with Gasteiger partial charge in [0.05, 0.1) is 25.2 Å². The summed E-state index contributed by atoms with van der Waals surface area (Å²) in [6.07, 6.45) is 0.0464. The number of hydrogen-bond acceptors (Lipinski definition) is 4. The van der Waals surface area contributed by atoms with Gasteiger partial charge in [-0.3, -0.25) is 4.79 Å². The molecule has 1 rings (SSSR count). The number of carbonyl (C=O) groups is 1. The molecule has 1 aromatic carbocycles. The van der Waals surface area contributed by atoms with Crippen LogP contribution >= 0.6 is 0 Å². The van der Waals surface area contributed by atoms with Crippen LogP contribution in [0.3, 0.4) is 0 Å². The normalized spacial score (nSPS) is 12.4. The maximum absolute atomic E-state index is 11.3. The van der Waals surface area contributed by atoms with Gasteiger partial charge in [0, 0.05) is 0 Å². The Labute approximate surface area is 108 Å². The van der Waals surface area contributed by atoms with E-state index in [0.29, 0.717) is 6.61 Å². The third-order valence-electron chi connectivity index (χ3n) is 2.40.